The Kier molecular flexibility index (Phi) is 3.99. The lowest BCUT2D eigenvalue weighted by Gasteiger charge is -2.35. The highest BCUT2D eigenvalue weighted by molar-refractivity contribution is 5.79. The Morgan fingerprint density at radius 3 is 2.63 bits per heavy atom. The van der Waals surface area contributed by atoms with Gasteiger partial charge in [0.25, 0.3) is 0 Å². The number of nitrogens with zero attached hydrogens (tertiary/aromatic N) is 2. The Bertz CT molecular complexity index is 374. The van der Waals surface area contributed by atoms with Crippen LogP contribution in [-0.2, 0) is 4.79 Å². The fourth-order valence-corrected chi connectivity index (χ4v) is 2.89. The molecule has 2 unspecified atom stereocenters. The van der Waals surface area contributed by atoms with E-state index in [0.717, 1.165) is 12.8 Å². The quantitative estimate of drug-likeness (QED) is 0.770. The number of hydrogen-bond acceptors (Lipinski definition) is 3. The van der Waals surface area contributed by atoms with Gasteiger partial charge in [-0.2, -0.15) is 0 Å². The average molecular weight is 270 g/mol. The van der Waals surface area contributed by atoms with E-state index in [1.165, 1.54) is 0 Å². The minimum atomic E-state index is -0.838. The molecule has 0 aromatic heterocycles. The molecule has 2 amide bonds. The number of carboxylic acids is 1. The van der Waals surface area contributed by atoms with E-state index in [4.69, 9.17) is 0 Å². The number of aliphatic carboxylic acids is 1. The molecule has 0 bridgehead atoms. The Morgan fingerprint density at radius 1 is 1.32 bits per heavy atom. The number of piperidine rings is 1. The molecule has 0 aliphatic carbocycles. The van der Waals surface area contributed by atoms with E-state index in [1.807, 2.05) is 0 Å². The summed E-state index contributed by atoms with van der Waals surface area (Å²) in [6.07, 6.45) is 2.36. The molecule has 2 fully saturated rings. The van der Waals surface area contributed by atoms with Gasteiger partial charge in [-0.1, -0.05) is 0 Å². The molecular formula is C13H22N2O4. The van der Waals surface area contributed by atoms with Crippen LogP contribution < -0.4 is 0 Å². The lowest BCUT2D eigenvalue weighted by Crippen LogP contribution is -2.48. The van der Waals surface area contributed by atoms with Crippen LogP contribution in [0, 0.1) is 11.3 Å². The molecule has 2 saturated heterocycles. The number of aliphatic hydroxyl groups excluding tert-OH is 1. The van der Waals surface area contributed by atoms with E-state index in [1.54, 1.807) is 16.7 Å². The molecule has 108 valence electrons. The summed E-state index contributed by atoms with van der Waals surface area (Å²) in [5.74, 6) is -0.680. The van der Waals surface area contributed by atoms with Gasteiger partial charge in [0.2, 0.25) is 0 Å². The first kappa shape index (κ1) is 14.1. The van der Waals surface area contributed by atoms with Crippen molar-refractivity contribution in [3.63, 3.8) is 0 Å². The van der Waals surface area contributed by atoms with E-state index in [0.29, 0.717) is 26.1 Å². The maximum Gasteiger partial charge on any atom is 0.320 e. The van der Waals surface area contributed by atoms with Crippen LogP contribution in [0.25, 0.3) is 0 Å². The first-order valence-electron chi connectivity index (χ1n) is 6.84. The predicted octanol–water partition coefficient (Wildman–Crippen LogP) is 0.607. The fourth-order valence-electron chi connectivity index (χ4n) is 2.89. The molecule has 2 rings (SSSR count). The summed E-state index contributed by atoms with van der Waals surface area (Å²) >= 11 is 0. The van der Waals surface area contributed by atoms with Crippen molar-refractivity contribution >= 4 is 12.0 Å². The lowest BCUT2D eigenvalue weighted by atomic mass is 9.90. The first-order valence-corrected chi connectivity index (χ1v) is 6.84. The van der Waals surface area contributed by atoms with Crippen molar-refractivity contribution in [1.29, 1.82) is 0 Å². The van der Waals surface area contributed by atoms with Crippen molar-refractivity contribution < 1.29 is 19.8 Å². The number of aliphatic hydroxyl groups is 1. The van der Waals surface area contributed by atoms with E-state index in [-0.39, 0.29) is 25.1 Å². The van der Waals surface area contributed by atoms with Crippen LogP contribution in [0.15, 0.2) is 0 Å². The second kappa shape index (κ2) is 5.36. The highest BCUT2D eigenvalue weighted by Gasteiger charge is 2.43. The summed E-state index contributed by atoms with van der Waals surface area (Å²) in [5, 5.41) is 18.4. The second-order valence-corrected chi connectivity index (χ2v) is 5.96. The van der Waals surface area contributed by atoms with Crippen LogP contribution >= 0.6 is 0 Å². The molecule has 0 aromatic rings. The monoisotopic (exact) mass is 270 g/mol. The summed E-state index contributed by atoms with van der Waals surface area (Å²) in [6.45, 7) is 3.86. The van der Waals surface area contributed by atoms with Gasteiger partial charge in [0.1, 0.15) is 0 Å². The number of urea groups is 1. The van der Waals surface area contributed by atoms with Crippen LogP contribution in [0.3, 0.4) is 0 Å². The van der Waals surface area contributed by atoms with Crippen molar-refractivity contribution in [3.05, 3.63) is 0 Å². The zero-order chi connectivity index (χ0) is 14.0. The summed E-state index contributed by atoms with van der Waals surface area (Å²) < 4.78 is 0. The molecule has 2 atom stereocenters. The number of amides is 2. The van der Waals surface area contributed by atoms with Crippen molar-refractivity contribution in [2.45, 2.75) is 26.2 Å². The number of rotatable bonds is 2. The van der Waals surface area contributed by atoms with Crippen molar-refractivity contribution in [2.75, 3.05) is 32.8 Å². The third-order valence-electron chi connectivity index (χ3n) is 4.31. The van der Waals surface area contributed by atoms with Gasteiger partial charge in [0, 0.05) is 32.8 Å². The molecule has 6 nitrogen and oxygen atoms in total. The van der Waals surface area contributed by atoms with Gasteiger partial charge in [0.15, 0.2) is 0 Å². The maximum atomic E-state index is 12.3. The van der Waals surface area contributed by atoms with Gasteiger partial charge in [-0.15, -0.1) is 0 Å². The van der Waals surface area contributed by atoms with Gasteiger partial charge < -0.3 is 20.0 Å². The van der Waals surface area contributed by atoms with E-state index in [9.17, 15) is 19.8 Å². The number of carboxylic acid groups (broad SMARTS) is 1. The van der Waals surface area contributed by atoms with Gasteiger partial charge in [0.05, 0.1) is 5.41 Å². The van der Waals surface area contributed by atoms with Crippen molar-refractivity contribution in [2.24, 2.45) is 11.3 Å². The summed E-state index contributed by atoms with van der Waals surface area (Å²) in [6, 6.07) is -0.0804. The normalized spacial score (nSPS) is 31.6. The van der Waals surface area contributed by atoms with Crippen LogP contribution in [0.4, 0.5) is 4.79 Å². The summed E-state index contributed by atoms with van der Waals surface area (Å²) in [7, 11) is 0. The molecule has 2 N–H and O–H groups in total. The minimum Gasteiger partial charge on any atom is -0.481 e. The smallest absolute Gasteiger partial charge is 0.320 e. The highest BCUT2D eigenvalue weighted by atomic mass is 16.4. The van der Waals surface area contributed by atoms with Gasteiger partial charge in [-0.05, 0) is 32.1 Å². The largest absolute Gasteiger partial charge is 0.481 e. The van der Waals surface area contributed by atoms with Crippen LogP contribution in [-0.4, -0.2) is 64.8 Å². The molecular weight excluding hydrogens is 248 g/mol. The SMILES string of the molecule is CC1(C(=O)O)CCN(C(=O)N2CCCC(CO)C2)C1. The van der Waals surface area contributed by atoms with Crippen molar-refractivity contribution in [1.82, 2.24) is 9.80 Å². The van der Waals surface area contributed by atoms with Gasteiger partial charge in [-0.25, -0.2) is 4.79 Å². The lowest BCUT2D eigenvalue weighted by molar-refractivity contribution is -0.147. The molecule has 0 spiro atoms. The molecule has 2 aliphatic heterocycles. The molecule has 19 heavy (non-hydrogen) atoms. The summed E-state index contributed by atoms with van der Waals surface area (Å²) in [4.78, 5) is 26.9. The third kappa shape index (κ3) is 2.83. The maximum absolute atomic E-state index is 12.3. The molecule has 2 heterocycles. The topological polar surface area (TPSA) is 81.1 Å². The molecule has 2 aliphatic rings. The number of carbonyl (C=O) groups excluding carboxylic acids is 1. The van der Waals surface area contributed by atoms with E-state index < -0.39 is 11.4 Å². The number of carbonyl (C=O) groups is 2. The van der Waals surface area contributed by atoms with Gasteiger partial charge in [-0.3, -0.25) is 4.79 Å². The van der Waals surface area contributed by atoms with Crippen molar-refractivity contribution in [3.8, 4) is 0 Å². The zero-order valence-corrected chi connectivity index (χ0v) is 11.3. The third-order valence-corrected chi connectivity index (χ3v) is 4.31. The van der Waals surface area contributed by atoms with E-state index >= 15 is 0 Å². The van der Waals surface area contributed by atoms with Crippen LogP contribution in [0.1, 0.15) is 26.2 Å². The Labute approximate surface area is 113 Å². The number of likely N-dealkylation sites (tertiary alicyclic amines) is 2. The highest BCUT2D eigenvalue weighted by Crippen LogP contribution is 2.31. The first-order chi connectivity index (χ1) is 8.96. The second-order valence-electron chi connectivity index (χ2n) is 5.96. The molecule has 0 saturated carbocycles. The van der Waals surface area contributed by atoms with Gasteiger partial charge >= 0.3 is 12.0 Å². The minimum absolute atomic E-state index is 0.0804. The summed E-state index contributed by atoms with van der Waals surface area (Å²) in [5.41, 5.74) is -0.818. The molecule has 6 heteroatoms. The Hall–Kier alpha value is -1.30. The van der Waals surface area contributed by atoms with Crippen LogP contribution in [0.2, 0.25) is 0 Å². The predicted molar refractivity (Wildman–Crippen MR) is 68.7 cm³/mol. The van der Waals surface area contributed by atoms with Crippen LogP contribution in [0.5, 0.6) is 0 Å². The fraction of sp³-hybridized carbons (Fsp3) is 0.846. The molecule has 0 aromatic carbocycles. The standard InChI is InChI=1S/C13H22N2O4/c1-13(11(17)18)4-6-15(9-13)12(19)14-5-2-3-10(7-14)8-16/h10,16H,2-9H2,1H3,(H,17,18). The molecule has 0 radical (unpaired) electrons. The average Bonchev–Trinajstić information content (AvgIpc) is 2.82. The Balaban J connectivity index is 1.96. The number of hydrogen-bond donors (Lipinski definition) is 2. The zero-order valence-electron chi connectivity index (χ0n) is 11.3. The van der Waals surface area contributed by atoms with E-state index in [2.05, 4.69) is 0 Å². The Morgan fingerprint density at radius 2 is 2.05 bits per heavy atom.